The number of nitrogens with one attached hydrogen (secondary N) is 1. The highest BCUT2D eigenvalue weighted by Crippen LogP contribution is 2.30. The van der Waals surface area contributed by atoms with E-state index in [9.17, 15) is 4.79 Å². The van der Waals surface area contributed by atoms with E-state index in [1.807, 2.05) is 6.92 Å². The van der Waals surface area contributed by atoms with Gasteiger partial charge in [-0.25, -0.2) is 4.79 Å². The molecule has 0 aromatic heterocycles. The highest BCUT2D eigenvalue weighted by atomic mass is 16.5. The third kappa shape index (κ3) is 3.67. The Hall–Kier alpha value is -1.43. The van der Waals surface area contributed by atoms with Gasteiger partial charge in [0.1, 0.15) is 6.04 Å². The zero-order valence-electron chi connectivity index (χ0n) is 9.52. The van der Waals surface area contributed by atoms with Crippen molar-refractivity contribution in [3.8, 4) is 11.8 Å². The molecule has 1 rings (SSSR count). The first-order valence-electron chi connectivity index (χ1n) is 5.11. The lowest BCUT2D eigenvalue weighted by atomic mass is 10.2. The van der Waals surface area contributed by atoms with E-state index in [1.165, 1.54) is 12.7 Å². The Bertz CT molecular complexity index is 327. The molecule has 1 unspecified atom stereocenters. The monoisotopic (exact) mass is 207 g/mol. The molecule has 1 aliphatic rings. The first-order chi connectivity index (χ1) is 7.19. The maximum Gasteiger partial charge on any atom is 0.329 e. The van der Waals surface area contributed by atoms with Crippen molar-refractivity contribution in [3.05, 3.63) is 11.3 Å². The summed E-state index contributed by atoms with van der Waals surface area (Å²) in [5, 5.41) is 3.17. The van der Waals surface area contributed by atoms with E-state index < -0.39 is 0 Å². The average molecular weight is 207 g/mol. The molecule has 1 aliphatic carbocycles. The van der Waals surface area contributed by atoms with Crippen LogP contribution in [0, 0.1) is 11.8 Å². The van der Waals surface area contributed by atoms with Gasteiger partial charge in [0.15, 0.2) is 0 Å². The van der Waals surface area contributed by atoms with Crippen molar-refractivity contribution in [2.24, 2.45) is 0 Å². The van der Waals surface area contributed by atoms with Gasteiger partial charge in [-0.3, -0.25) is 0 Å². The zero-order chi connectivity index (χ0) is 11.3. The van der Waals surface area contributed by atoms with Crippen LogP contribution in [0.2, 0.25) is 0 Å². The molecule has 3 nitrogen and oxygen atoms in total. The highest BCUT2D eigenvalue weighted by molar-refractivity contribution is 5.76. The van der Waals surface area contributed by atoms with Gasteiger partial charge in [0.05, 0.1) is 7.11 Å². The molecule has 0 aliphatic heterocycles. The van der Waals surface area contributed by atoms with E-state index in [1.54, 1.807) is 6.92 Å². The second kappa shape index (κ2) is 5.45. The summed E-state index contributed by atoms with van der Waals surface area (Å²) in [6.07, 6.45) is 2.78. The molecule has 0 amide bonds. The summed E-state index contributed by atoms with van der Waals surface area (Å²) in [5.41, 5.74) is 2.50. The molecule has 0 aromatic rings. The molecule has 0 saturated heterocycles. The largest absolute Gasteiger partial charge is 0.467 e. The summed E-state index contributed by atoms with van der Waals surface area (Å²) in [6, 6.07) is -0.337. The van der Waals surface area contributed by atoms with E-state index in [4.69, 9.17) is 4.74 Å². The number of allylic oxidation sites excluding steroid dienone is 2. The number of carbonyl (C=O) groups is 1. The number of carbonyl (C=O) groups excluding carboxylic acids is 1. The molecular formula is C12H17NO2. The molecule has 0 radical (unpaired) electrons. The van der Waals surface area contributed by atoms with E-state index in [0.717, 1.165) is 18.5 Å². The molecule has 0 bridgehead atoms. The maximum absolute atomic E-state index is 11.4. The average Bonchev–Trinajstić information content (AvgIpc) is 3.06. The summed E-state index contributed by atoms with van der Waals surface area (Å²) < 4.78 is 4.72. The van der Waals surface area contributed by atoms with Gasteiger partial charge in [-0.1, -0.05) is 5.57 Å². The SMILES string of the molecule is CC#CCC(NC(C)=C1CC1)C(=O)OC. The van der Waals surface area contributed by atoms with Crippen molar-refractivity contribution in [2.45, 2.75) is 39.2 Å². The van der Waals surface area contributed by atoms with Gasteiger partial charge in [0.2, 0.25) is 0 Å². The van der Waals surface area contributed by atoms with Gasteiger partial charge in [0.25, 0.3) is 0 Å². The first-order valence-corrected chi connectivity index (χ1v) is 5.11. The fourth-order valence-corrected chi connectivity index (χ4v) is 1.34. The fraction of sp³-hybridized carbons (Fsp3) is 0.583. The lowest BCUT2D eigenvalue weighted by molar-refractivity contribution is -0.142. The zero-order valence-corrected chi connectivity index (χ0v) is 9.52. The van der Waals surface area contributed by atoms with Crippen LogP contribution in [-0.4, -0.2) is 19.1 Å². The Kier molecular flexibility index (Phi) is 4.23. The molecule has 0 heterocycles. The van der Waals surface area contributed by atoms with Gasteiger partial charge in [-0.2, -0.15) is 0 Å². The second-order valence-electron chi connectivity index (χ2n) is 3.58. The van der Waals surface area contributed by atoms with Crippen molar-refractivity contribution in [1.82, 2.24) is 5.32 Å². The lowest BCUT2D eigenvalue weighted by Crippen LogP contribution is -2.36. The van der Waals surface area contributed by atoms with Crippen LogP contribution in [0.3, 0.4) is 0 Å². The van der Waals surface area contributed by atoms with E-state index in [-0.39, 0.29) is 12.0 Å². The van der Waals surface area contributed by atoms with Gasteiger partial charge in [0, 0.05) is 12.1 Å². The van der Waals surface area contributed by atoms with E-state index >= 15 is 0 Å². The first kappa shape index (κ1) is 11.6. The molecule has 1 N–H and O–H groups in total. The second-order valence-corrected chi connectivity index (χ2v) is 3.58. The summed E-state index contributed by atoms with van der Waals surface area (Å²) >= 11 is 0. The standard InChI is InChI=1S/C12H17NO2/c1-4-5-6-11(12(14)15-3)13-9(2)10-7-8-10/h11,13H,6-8H2,1-3H3. The Morgan fingerprint density at radius 2 is 2.27 bits per heavy atom. The van der Waals surface area contributed by atoms with Crippen LogP contribution in [0.25, 0.3) is 0 Å². The molecule has 1 atom stereocenters. The maximum atomic E-state index is 11.4. The van der Waals surface area contributed by atoms with Crippen LogP contribution in [0.1, 0.15) is 33.1 Å². The van der Waals surface area contributed by atoms with Crippen LogP contribution < -0.4 is 5.32 Å². The van der Waals surface area contributed by atoms with Crippen molar-refractivity contribution < 1.29 is 9.53 Å². The van der Waals surface area contributed by atoms with E-state index in [0.29, 0.717) is 6.42 Å². The molecule has 0 spiro atoms. The van der Waals surface area contributed by atoms with Gasteiger partial charge < -0.3 is 10.1 Å². The topological polar surface area (TPSA) is 38.3 Å². The van der Waals surface area contributed by atoms with Crippen LogP contribution in [0.5, 0.6) is 0 Å². The van der Waals surface area contributed by atoms with Crippen LogP contribution >= 0.6 is 0 Å². The predicted molar refractivity (Wildman–Crippen MR) is 58.9 cm³/mol. The predicted octanol–water partition coefficient (Wildman–Crippen LogP) is 1.60. The van der Waals surface area contributed by atoms with Gasteiger partial charge in [-0.05, 0) is 26.7 Å². The minimum atomic E-state index is -0.337. The van der Waals surface area contributed by atoms with Crippen molar-refractivity contribution in [2.75, 3.05) is 7.11 Å². The quantitative estimate of drug-likeness (QED) is 0.562. The highest BCUT2D eigenvalue weighted by Gasteiger charge is 2.21. The fourth-order valence-electron chi connectivity index (χ4n) is 1.34. The molecule has 3 heteroatoms. The van der Waals surface area contributed by atoms with Crippen molar-refractivity contribution in [3.63, 3.8) is 0 Å². The summed E-state index contributed by atoms with van der Waals surface area (Å²) in [7, 11) is 1.40. The molecule has 0 aromatic carbocycles. The summed E-state index contributed by atoms with van der Waals surface area (Å²) in [6.45, 7) is 3.76. The normalized spacial score (nSPS) is 14.7. The number of hydrogen-bond acceptors (Lipinski definition) is 3. The van der Waals surface area contributed by atoms with Gasteiger partial charge in [-0.15, -0.1) is 11.8 Å². The minimum Gasteiger partial charge on any atom is -0.467 e. The summed E-state index contributed by atoms with van der Waals surface area (Å²) in [4.78, 5) is 11.4. The van der Waals surface area contributed by atoms with Gasteiger partial charge >= 0.3 is 5.97 Å². The van der Waals surface area contributed by atoms with E-state index in [2.05, 4.69) is 17.2 Å². The minimum absolute atomic E-state index is 0.252. The smallest absolute Gasteiger partial charge is 0.329 e. The Labute approximate surface area is 90.9 Å². The van der Waals surface area contributed by atoms with Crippen LogP contribution in [0.15, 0.2) is 11.3 Å². The van der Waals surface area contributed by atoms with Crippen LogP contribution in [0.4, 0.5) is 0 Å². The number of esters is 1. The lowest BCUT2D eigenvalue weighted by Gasteiger charge is -2.15. The molecule has 1 fully saturated rings. The molecule has 15 heavy (non-hydrogen) atoms. The molecular weight excluding hydrogens is 190 g/mol. The third-order valence-corrected chi connectivity index (χ3v) is 2.39. The van der Waals surface area contributed by atoms with Crippen molar-refractivity contribution in [1.29, 1.82) is 0 Å². The Morgan fingerprint density at radius 1 is 1.60 bits per heavy atom. The Morgan fingerprint density at radius 3 is 2.73 bits per heavy atom. The number of methoxy groups -OCH3 is 1. The van der Waals surface area contributed by atoms with Crippen LogP contribution in [-0.2, 0) is 9.53 Å². The van der Waals surface area contributed by atoms with Crippen molar-refractivity contribution >= 4 is 5.97 Å². The number of rotatable bonds is 4. The number of ether oxygens (including phenoxy) is 1. The molecule has 1 saturated carbocycles. The Balaban J connectivity index is 2.58. The third-order valence-electron chi connectivity index (χ3n) is 2.39. The molecule has 82 valence electrons. The number of hydrogen-bond donors (Lipinski definition) is 1. The summed E-state index contributed by atoms with van der Waals surface area (Å²) in [5.74, 6) is 5.42.